The standard InChI is InChI=1S/C14H17FN2O/c1-7(2)12-8(3)13-10(6-11(12)15)9(4)16-14(17-13)18-5/h6-7H,1-5H3. The van der Waals surface area contributed by atoms with Gasteiger partial charge in [0, 0.05) is 5.39 Å². The maximum absolute atomic E-state index is 14.1. The number of methoxy groups -OCH3 is 1. The second-order valence-electron chi connectivity index (χ2n) is 4.74. The molecular formula is C14H17FN2O. The first-order valence-corrected chi connectivity index (χ1v) is 5.97. The quantitative estimate of drug-likeness (QED) is 0.815. The molecule has 0 saturated carbocycles. The Morgan fingerprint density at radius 3 is 2.44 bits per heavy atom. The van der Waals surface area contributed by atoms with Gasteiger partial charge in [0.05, 0.1) is 18.3 Å². The van der Waals surface area contributed by atoms with Crippen molar-refractivity contribution in [3.8, 4) is 6.01 Å². The van der Waals surface area contributed by atoms with Crippen molar-refractivity contribution in [2.24, 2.45) is 0 Å². The van der Waals surface area contributed by atoms with Crippen molar-refractivity contribution in [3.05, 3.63) is 28.7 Å². The van der Waals surface area contributed by atoms with Crippen LogP contribution in [-0.4, -0.2) is 17.1 Å². The SMILES string of the molecule is COc1nc(C)c2cc(F)c(C(C)C)c(C)c2n1. The Hall–Kier alpha value is -1.71. The van der Waals surface area contributed by atoms with Crippen molar-refractivity contribution < 1.29 is 9.13 Å². The van der Waals surface area contributed by atoms with Crippen molar-refractivity contribution in [1.29, 1.82) is 0 Å². The number of halogens is 1. The summed E-state index contributed by atoms with van der Waals surface area (Å²) in [7, 11) is 1.53. The molecule has 2 aromatic rings. The van der Waals surface area contributed by atoms with Crippen molar-refractivity contribution in [1.82, 2.24) is 9.97 Å². The summed E-state index contributed by atoms with van der Waals surface area (Å²) in [6, 6.07) is 1.84. The smallest absolute Gasteiger partial charge is 0.316 e. The molecule has 0 atom stereocenters. The molecule has 0 bridgehead atoms. The Morgan fingerprint density at radius 2 is 1.89 bits per heavy atom. The molecular weight excluding hydrogens is 231 g/mol. The molecule has 3 nitrogen and oxygen atoms in total. The molecule has 18 heavy (non-hydrogen) atoms. The highest BCUT2D eigenvalue weighted by Gasteiger charge is 2.16. The number of hydrogen-bond acceptors (Lipinski definition) is 3. The zero-order valence-corrected chi connectivity index (χ0v) is 11.3. The van der Waals surface area contributed by atoms with E-state index >= 15 is 0 Å². The first-order valence-electron chi connectivity index (χ1n) is 5.97. The van der Waals surface area contributed by atoms with E-state index in [0.29, 0.717) is 11.6 Å². The van der Waals surface area contributed by atoms with Crippen LogP contribution in [0.1, 0.15) is 36.6 Å². The van der Waals surface area contributed by atoms with E-state index < -0.39 is 0 Å². The van der Waals surface area contributed by atoms with Gasteiger partial charge in [0.25, 0.3) is 0 Å². The topological polar surface area (TPSA) is 35.0 Å². The lowest BCUT2D eigenvalue weighted by Crippen LogP contribution is -2.03. The van der Waals surface area contributed by atoms with Crippen LogP contribution in [0, 0.1) is 19.7 Å². The molecule has 0 fully saturated rings. The molecule has 0 amide bonds. The molecule has 96 valence electrons. The highest BCUT2D eigenvalue weighted by atomic mass is 19.1. The average Bonchev–Trinajstić information content (AvgIpc) is 2.29. The molecule has 0 N–H and O–H groups in total. The molecule has 0 unspecified atom stereocenters. The molecule has 4 heteroatoms. The van der Waals surface area contributed by atoms with Gasteiger partial charge in [0.1, 0.15) is 5.82 Å². The second-order valence-corrected chi connectivity index (χ2v) is 4.74. The third-order valence-electron chi connectivity index (χ3n) is 3.16. The summed E-state index contributed by atoms with van der Waals surface area (Å²) in [5.74, 6) is -0.0671. The lowest BCUT2D eigenvalue weighted by Gasteiger charge is -2.14. The fourth-order valence-electron chi connectivity index (χ4n) is 2.33. The van der Waals surface area contributed by atoms with Crippen LogP contribution in [0.4, 0.5) is 4.39 Å². The van der Waals surface area contributed by atoms with E-state index in [1.807, 2.05) is 27.7 Å². The van der Waals surface area contributed by atoms with Crippen LogP contribution < -0.4 is 4.74 Å². The summed E-state index contributed by atoms with van der Waals surface area (Å²) < 4.78 is 19.2. The Morgan fingerprint density at radius 1 is 1.22 bits per heavy atom. The van der Waals surface area contributed by atoms with Gasteiger partial charge in [-0.25, -0.2) is 4.39 Å². The molecule has 2 rings (SSSR count). The molecule has 1 heterocycles. The Kier molecular flexibility index (Phi) is 3.20. The van der Waals surface area contributed by atoms with Crippen LogP contribution in [0.5, 0.6) is 6.01 Å². The van der Waals surface area contributed by atoms with Crippen LogP contribution in [-0.2, 0) is 0 Å². The van der Waals surface area contributed by atoms with Gasteiger partial charge in [-0.05, 0) is 37.0 Å². The Balaban J connectivity index is 2.87. The van der Waals surface area contributed by atoms with E-state index in [-0.39, 0.29) is 11.7 Å². The highest BCUT2D eigenvalue weighted by molar-refractivity contribution is 5.85. The van der Waals surface area contributed by atoms with Crippen LogP contribution in [0.2, 0.25) is 0 Å². The van der Waals surface area contributed by atoms with Crippen LogP contribution >= 0.6 is 0 Å². The first-order chi connectivity index (χ1) is 8.45. The van der Waals surface area contributed by atoms with Crippen LogP contribution in [0.3, 0.4) is 0 Å². The second kappa shape index (κ2) is 4.52. The molecule has 1 aromatic heterocycles. The molecule has 0 radical (unpaired) electrons. The van der Waals surface area contributed by atoms with Gasteiger partial charge < -0.3 is 4.74 Å². The lowest BCUT2D eigenvalue weighted by molar-refractivity contribution is 0.380. The normalized spacial score (nSPS) is 11.3. The fraction of sp³-hybridized carbons (Fsp3) is 0.429. The maximum atomic E-state index is 14.1. The van der Waals surface area contributed by atoms with Gasteiger partial charge in [0.2, 0.25) is 0 Å². The van der Waals surface area contributed by atoms with Gasteiger partial charge in [-0.15, -0.1) is 0 Å². The number of benzene rings is 1. The number of hydrogen-bond donors (Lipinski definition) is 0. The van der Waals surface area contributed by atoms with Gasteiger partial charge in [-0.1, -0.05) is 13.8 Å². The summed E-state index contributed by atoms with van der Waals surface area (Å²) >= 11 is 0. The molecule has 0 aliphatic rings. The van der Waals surface area contributed by atoms with E-state index in [1.54, 1.807) is 0 Å². The Bertz CT molecular complexity index is 609. The van der Waals surface area contributed by atoms with Gasteiger partial charge in [0.15, 0.2) is 0 Å². The number of ether oxygens (including phenoxy) is 1. The Labute approximate surface area is 106 Å². The van der Waals surface area contributed by atoms with Crippen molar-refractivity contribution in [2.45, 2.75) is 33.6 Å². The predicted octanol–water partition coefficient (Wildman–Crippen LogP) is 3.52. The molecule has 0 aliphatic heterocycles. The number of aromatic nitrogens is 2. The molecule has 0 aliphatic carbocycles. The summed E-state index contributed by atoms with van der Waals surface area (Å²) in [6.07, 6.45) is 0. The van der Waals surface area contributed by atoms with Crippen LogP contribution in [0.25, 0.3) is 10.9 Å². The van der Waals surface area contributed by atoms with Crippen molar-refractivity contribution >= 4 is 10.9 Å². The van der Waals surface area contributed by atoms with E-state index in [1.165, 1.54) is 13.2 Å². The van der Waals surface area contributed by atoms with Gasteiger partial charge >= 0.3 is 6.01 Å². The largest absolute Gasteiger partial charge is 0.467 e. The summed E-state index contributed by atoms with van der Waals surface area (Å²) in [5.41, 5.74) is 3.07. The number of fused-ring (bicyclic) bond motifs is 1. The minimum Gasteiger partial charge on any atom is -0.467 e. The fourth-order valence-corrected chi connectivity index (χ4v) is 2.33. The van der Waals surface area contributed by atoms with Crippen LogP contribution in [0.15, 0.2) is 6.07 Å². The molecule has 1 aromatic carbocycles. The average molecular weight is 248 g/mol. The third kappa shape index (κ3) is 1.92. The number of nitrogens with zero attached hydrogens (tertiary/aromatic N) is 2. The van der Waals surface area contributed by atoms with E-state index in [2.05, 4.69) is 9.97 Å². The van der Waals surface area contributed by atoms with Crippen molar-refractivity contribution in [2.75, 3.05) is 7.11 Å². The van der Waals surface area contributed by atoms with E-state index in [4.69, 9.17) is 4.74 Å². The first kappa shape index (κ1) is 12.7. The number of aryl methyl sites for hydroxylation is 2. The molecule has 0 spiro atoms. The van der Waals surface area contributed by atoms with E-state index in [0.717, 1.165) is 22.2 Å². The minimum absolute atomic E-state index is 0.121. The monoisotopic (exact) mass is 248 g/mol. The number of rotatable bonds is 2. The van der Waals surface area contributed by atoms with E-state index in [9.17, 15) is 4.39 Å². The summed E-state index contributed by atoms with van der Waals surface area (Å²) in [5, 5.41) is 0.746. The summed E-state index contributed by atoms with van der Waals surface area (Å²) in [6.45, 7) is 7.68. The maximum Gasteiger partial charge on any atom is 0.316 e. The summed E-state index contributed by atoms with van der Waals surface area (Å²) in [4.78, 5) is 8.51. The van der Waals surface area contributed by atoms with Gasteiger partial charge in [-0.2, -0.15) is 9.97 Å². The molecule has 0 saturated heterocycles. The van der Waals surface area contributed by atoms with Crippen molar-refractivity contribution in [3.63, 3.8) is 0 Å². The third-order valence-corrected chi connectivity index (χ3v) is 3.16. The van der Waals surface area contributed by atoms with Gasteiger partial charge in [-0.3, -0.25) is 0 Å². The highest BCUT2D eigenvalue weighted by Crippen LogP contribution is 2.30. The lowest BCUT2D eigenvalue weighted by atomic mass is 9.94. The zero-order chi connectivity index (χ0) is 13.4. The zero-order valence-electron chi connectivity index (χ0n) is 11.3. The minimum atomic E-state index is -0.188. The predicted molar refractivity (Wildman–Crippen MR) is 69.6 cm³/mol.